The predicted octanol–water partition coefficient (Wildman–Crippen LogP) is 2.37. The topological polar surface area (TPSA) is 23.5 Å². The van der Waals surface area contributed by atoms with Crippen LogP contribution in [0, 0.1) is 0 Å². The van der Waals surface area contributed by atoms with Gasteiger partial charge in [-0.2, -0.15) is 0 Å². The second-order valence-electron chi connectivity index (χ2n) is 3.56. The minimum absolute atomic E-state index is 0.356. The van der Waals surface area contributed by atoms with Crippen molar-refractivity contribution >= 4 is 23.5 Å². The second-order valence-corrected chi connectivity index (χ2v) is 5.84. The van der Waals surface area contributed by atoms with Gasteiger partial charge in [-0.15, -0.1) is 23.5 Å². The highest BCUT2D eigenvalue weighted by Crippen LogP contribution is 2.24. The molecule has 1 aromatic carbocycles. The summed E-state index contributed by atoms with van der Waals surface area (Å²) in [5, 5.41) is 11.2. The number of β-amino-alcohol motifs (C(OH)–C–C–N with tert-alkyl or cyclic N) is 1. The number of nitrogens with zero attached hydrogens (tertiary/aromatic N) is 1. The van der Waals surface area contributed by atoms with E-state index in [1.165, 1.54) is 5.08 Å². The van der Waals surface area contributed by atoms with Crippen molar-refractivity contribution in [1.29, 1.82) is 0 Å². The molecule has 1 atom stereocenters. The molecule has 1 saturated heterocycles. The summed E-state index contributed by atoms with van der Waals surface area (Å²) < 4.78 is 0. The first-order chi connectivity index (χ1) is 7.36. The van der Waals surface area contributed by atoms with Crippen LogP contribution < -0.4 is 0 Å². The molecule has 82 valence electrons. The van der Waals surface area contributed by atoms with Crippen molar-refractivity contribution in [2.75, 3.05) is 23.4 Å². The Hall–Kier alpha value is -0.160. The number of rotatable bonds is 3. The largest absolute Gasteiger partial charge is 0.387 e. The van der Waals surface area contributed by atoms with Crippen molar-refractivity contribution in [3.05, 3.63) is 35.9 Å². The summed E-state index contributed by atoms with van der Waals surface area (Å²) >= 11 is 3.84. The molecule has 4 heteroatoms. The van der Waals surface area contributed by atoms with Crippen LogP contribution in [0.5, 0.6) is 0 Å². The molecule has 0 aromatic heterocycles. The van der Waals surface area contributed by atoms with Gasteiger partial charge in [0.05, 0.1) is 6.10 Å². The SMILES string of the molecule is OC(CN1CSCSC1)c1ccccc1. The summed E-state index contributed by atoms with van der Waals surface area (Å²) in [6.45, 7) is 0.740. The standard InChI is InChI=1S/C11H15NOS2/c13-11(10-4-2-1-3-5-10)6-12-7-14-9-15-8-12/h1-5,11,13H,6-9H2. The number of benzene rings is 1. The third-order valence-electron chi connectivity index (χ3n) is 2.33. The molecule has 0 aliphatic carbocycles. The van der Waals surface area contributed by atoms with Gasteiger partial charge in [-0.3, -0.25) is 4.90 Å². The van der Waals surface area contributed by atoms with Gasteiger partial charge in [0.2, 0.25) is 0 Å². The van der Waals surface area contributed by atoms with Crippen LogP contribution in [0.4, 0.5) is 0 Å². The first kappa shape index (κ1) is 11.3. The Morgan fingerprint density at radius 1 is 1.20 bits per heavy atom. The Labute approximate surface area is 99.1 Å². The number of aliphatic hydroxyl groups is 1. The van der Waals surface area contributed by atoms with Gasteiger partial charge in [-0.05, 0) is 5.56 Å². The van der Waals surface area contributed by atoms with Crippen LogP contribution in [0.2, 0.25) is 0 Å². The normalized spacial score (nSPS) is 20.1. The maximum absolute atomic E-state index is 10.0. The third kappa shape index (κ3) is 3.41. The van der Waals surface area contributed by atoms with E-state index < -0.39 is 0 Å². The van der Waals surface area contributed by atoms with Crippen LogP contribution in [0.15, 0.2) is 30.3 Å². The van der Waals surface area contributed by atoms with Crippen LogP contribution in [0.1, 0.15) is 11.7 Å². The van der Waals surface area contributed by atoms with Crippen molar-refractivity contribution in [3.8, 4) is 0 Å². The predicted molar refractivity (Wildman–Crippen MR) is 67.9 cm³/mol. The Balaban J connectivity index is 1.88. The Morgan fingerprint density at radius 2 is 1.87 bits per heavy atom. The molecule has 1 N–H and O–H groups in total. The molecule has 1 fully saturated rings. The minimum Gasteiger partial charge on any atom is -0.387 e. The number of aliphatic hydroxyl groups excluding tert-OH is 1. The van der Waals surface area contributed by atoms with E-state index in [0.717, 1.165) is 23.9 Å². The quantitative estimate of drug-likeness (QED) is 0.877. The highest BCUT2D eigenvalue weighted by molar-refractivity contribution is 8.16. The lowest BCUT2D eigenvalue weighted by molar-refractivity contribution is 0.133. The van der Waals surface area contributed by atoms with Crippen molar-refractivity contribution < 1.29 is 5.11 Å². The second kappa shape index (κ2) is 5.80. The van der Waals surface area contributed by atoms with Crippen molar-refractivity contribution in [2.24, 2.45) is 0 Å². The summed E-state index contributed by atoms with van der Waals surface area (Å²) in [6.07, 6.45) is -0.356. The van der Waals surface area contributed by atoms with E-state index in [0.29, 0.717) is 0 Å². The first-order valence-corrected chi connectivity index (χ1v) is 7.28. The molecule has 2 rings (SSSR count). The number of hydrogen-bond acceptors (Lipinski definition) is 4. The molecule has 2 nitrogen and oxygen atoms in total. The summed E-state index contributed by atoms with van der Waals surface area (Å²) in [6, 6.07) is 9.88. The molecule has 1 aliphatic heterocycles. The van der Waals surface area contributed by atoms with Gasteiger partial charge >= 0.3 is 0 Å². The monoisotopic (exact) mass is 241 g/mol. The Morgan fingerprint density at radius 3 is 2.53 bits per heavy atom. The Kier molecular flexibility index (Phi) is 4.38. The third-order valence-corrected chi connectivity index (χ3v) is 4.76. The number of thioether (sulfide) groups is 2. The van der Waals surface area contributed by atoms with Crippen LogP contribution in [-0.4, -0.2) is 33.4 Å². The zero-order chi connectivity index (χ0) is 10.5. The fraction of sp³-hybridized carbons (Fsp3) is 0.455. The van der Waals surface area contributed by atoms with E-state index in [1.807, 2.05) is 53.9 Å². The molecular weight excluding hydrogens is 226 g/mol. The molecule has 0 spiro atoms. The van der Waals surface area contributed by atoms with Gasteiger partial charge in [0.1, 0.15) is 0 Å². The molecule has 0 bridgehead atoms. The highest BCUT2D eigenvalue weighted by Gasteiger charge is 2.15. The molecule has 15 heavy (non-hydrogen) atoms. The summed E-state index contributed by atoms with van der Waals surface area (Å²) in [5.74, 6) is 2.08. The zero-order valence-electron chi connectivity index (χ0n) is 8.50. The van der Waals surface area contributed by atoms with Crippen LogP contribution in [0.25, 0.3) is 0 Å². The molecule has 1 aliphatic rings. The fourth-order valence-electron chi connectivity index (χ4n) is 1.56. The van der Waals surface area contributed by atoms with E-state index in [2.05, 4.69) is 4.90 Å². The van der Waals surface area contributed by atoms with Crippen molar-refractivity contribution in [1.82, 2.24) is 4.90 Å². The smallest absolute Gasteiger partial charge is 0.0917 e. The molecular formula is C11H15NOS2. The average molecular weight is 241 g/mol. The zero-order valence-corrected chi connectivity index (χ0v) is 10.1. The lowest BCUT2D eigenvalue weighted by Gasteiger charge is -2.27. The van der Waals surface area contributed by atoms with E-state index >= 15 is 0 Å². The molecule has 0 amide bonds. The maximum Gasteiger partial charge on any atom is 0.0917 e. The lowest BCUT2D eigenvalue weighted by atomic mass is 10.1. The van der Waals surface area contributed by atoms with Gasteiger partial charge in [0.25, 0.3) is 0 Å². The van der Waals surface area contributed by atoms with Crippen LogP contribution in [0.3, 0.4) is 0 Å². The van der Waals surface area contributed by atoms with E-state index in [-0.39, 0.29) is 6.10 Å². The van der Waals surface area contributed by atoms with Gasteiger partial charge in [-0.25, -0.2) is 0 Å². The summed E-state index contributed by atoms with van der Waals surface area (Å²) in [4.78, 5) is 2.29. The van der Waals surface area contributed by atoms with Crippen LogP contribution in [-0.2, 0) is 0 Å². The van der Waals surface area contributed by atoms with E-state index in [1.54, 1.807) is 0 Å². The minimum atomic E-state index is -0.356. The van der Waals surface area contributed by atoms with Crippen molar-refractivity contribution in [3.63, 3.8) is 0 Å². The van der Waals surface area contributed by atoms with E-state index in [4.69, 9.17) is 0 Å². The molecule has 1 unspecified atom stereocenters. The molecule has 1 aromatic rings. The lowest BCUT2D eigenvalue weighted by Crippen LogP contribution is -2.30. The van der Waals surface area contributed by atoms with E-state index in [9.17, 15) is 5.11 Å². The molecule has 0 radical (unpaired) electrons. The Bertz CT molecular complexity index is 288. The van der Waals surface area contributed by atoms with Crippen LogP contribution >= 0.6 is 23.5 Å². The summed E-state index contributed by atoms with van der Waals surface area (Å²) in [5.41, 5.74) is 1.01. The molecule has 1 heterocycles. The van der Waals surface area contributed by atoms with Crippen molar-refractivity contribution in [2.45, 2.75) is 6.10 Å². The van der Waals surface area contributed by atoms with Gasteiger partial charge in [-0.1, -0.05) is 30.3 Å². The fourth-order valence-corrected chi connectivity index (χ4v) is 3.65. The number of hydrogen-bond donors (Lipinski definition) is 1. The summed E-state index contributed by atoms with van der Waals surface area (Å²) in [7, 11) is 0. The average Bonchev–Trinajstić information content (AvgIpc) is 2.31. The first-order valence-electron chi connectivity index (χ1n) is 4.97. The highest BCUT2D eigenvalue weighted by atomic mass is 32.2. The molecule has 0 saturated carbocycles. The van der Waals surface area contributed by atoms with Gasteiger partial charge < -0.3 is 5.11 Å². The maximum atomic E-state index is 10.0. The van der Waals surface area contributed by atoms with Gasteiger partial charge in [0.15, 0.2) is 0 Å². The van der Waals surface area contributed by atoms with Gasteiger partial charge in [0, 0.05) is 23.4 Å².